The number of rotatable bonds is 3. The Morgan fingerprint density at radius 2 is 2.18 bits per heavy atom. The lowest BCUT2D eigenvalue weighted by atomic mass is 9.91. The van der Waals surface area contributed by atoms with Gasteiger partial charge in [-0.15, -0.1) is 0 Å². The van der Waals surface area contributed by atoms with E-state index in [-0.39, 0.29) is 0 Å². The fraction of sp³-hybridized carbons (Fsp3) is 0.600. The van der Waals surface area contributed by atoms with Crippen molar-refractivity contribution in [3.05, 3.63) is 34.9 Å². The standard InChI is InChI=1S/C15H22N2/c1-11-5-6-12-8-15(16-9-13(12)7-11)10-17-14-3-2-4-14/h5-7,14-17H,2-4,8-10H2,1H3. The molecule has 0 spiro atoms. The van der Waals surface area contributed by atoms with Crippen LogP contribution in [0.5, 0.6) is 0 Å². The minimum absolute atomic E-state index is 0.616. The summed E-state index contributed by atoms with van der Waals surface area (Å²) in [5.74, 6) is 0. The molecule has 2 N–H and O–H groups in total. The van der Waals surface area contributed by atoms with E-state index >= 15 is 0 Å². The molecule has 1 heterocycles. The molecule has 1 aromatic rings. The summed E-state index contributed by atoms with van der Waals surface area (Å²) in [4.78, 5) is 0. The van der Waals surface area contributed by atoms with Crippen molar-refractivity contribution in [2.45, 2.75) is 51.2 Å². The highest BCUT2D eigenvalue weighted by atomic mass is 15.0. The maximum atomic E-state index is 3.67. The minimum atomic E-state index is 0.616. The molecule has 17 heavy (non-hydrogen) atoms. The predicted octanol–water partition coefficient (Wildman–Crippen LogP) is 2.15. The number of fused-ring (bicyclic) bond motifs is 1. The van der Waals surface area contributed by atoms with Gasteiger partial charge in [-0.3, -0.25) is 0 Å². The normalized spacial score (nSPS) is 24.2. The van der Waals surface area contributed by atoms with Crippen LogP contribution in [0.1, 0.15) is 36.0 Å². The molecule has 3 rings (SSSR count). The topological polar surface area (TPSA) is 24.1 Å². The van der Waals surface area contributed by atoms with E-state index in [1.807, 2.05) is 0 Å². The average molecular weight is 230 g/mol. The maximum Gasteiger partial charge on any atom is 0.0236 e. The largest absolute Gasteiger partial charge is 0.312 e. The lowest BCUT2D eigenvalue weighted by molar-refractivity contribution is 0.316. The fourth-order valence-corrected chi connectivity index (χ4v) is 2.78. The van der Waals surface area contributed by atoms with E-state index in [1.54, 1.807) is 0 Å². The Balaban J connectivity index is 1.58. The molecule has 1 saturated carbocycles. The van der Waals surface area contributed by atoms with E-state index in [2.05, 4.69) is 35.8 Å². The summed E-state index contributed by atoms with van der Waals surface area (Å²) in [6.07, 6.45) is 5.35. The molecule has 1 aliphatic heterocycles. The van der Waals surface area contributed by atoms with Gasteiger partial charge >= 0.3 is 0 Å². The van der Waals surface area contributed by atoms with E-state index in [0.29, 0.717) is 6.04 Å². The highest BCUT2D eigenvalue weighted by Gasteiger charge is 2.21. The van der Waals surface area contributed by atoms with Crippen LogP contribution in [0.3, 0.4) is 0 Å². The number of benzene rings is 1. The van der Waals surface area contributed by atoms with E-state index < -0.39 is 0 Å². The molecule has 0 amide bonds. The zero-order valence-electron chi connectivity index (χ0n) is 10.6. The van der Waals surface area contributed by atoms with E-state index in [1.165, 1.54) is 42.4 Å². The molecule has 1 atom stereocenters. The summed E-state index contributed by atoms with van der Waals surface area (Å²) >= 11 is 0. The van der Waals surface area contributed by atoms with Crippen LogP contribution < -0.4 is 10.6 Å². The summed E-state index contributed by atoms with van der Waals surface area (Å²) in [5.41, 5.74) is 4.40. The van der Waals surface area contributed by atoms with Crippen molar-refractivity contribution >= 4 is 0 Å². The summed E-state index contributed by atoms with van der Waals surface area (Å²) in [7, 11) is 0. The van der Waals surface area contributed by atoms with Crippen molar-refractivity contribution < 1.29 is 0 Å². The zero-order chi connectivity index (χ0) is 11.7. The lowest BCUT2D eigenvalue weighted by Crippen LogP contribution is -2.47. The van der Waals surface area contributed by atoms with Gasteiger partial charge in [0.1, 0.15) is 0 Å². The second kappa shape index (κ2) is 4.79. The number of hydrogen-bond donors (Lipinski definition) is 2. The Kier molecular flexibility index (Phi) is 3.17. The van der Waals surface area contributed by atoms with Gasteiger partial charge in [0.25, 0.3) is 0 Å². The monoisotopic (exact) mass is 230 g/mol. The molecule has 1 unspecified atom stereocenters. The molecule has 0 aromatic heterocycles. The number of hydrogen-bond acceptors (Lipinski definition) is 2. The maximum absolute atomic E-state index is 3.67. The highest BCUT2D eigenvalue weighted by Crippen LogP contribution is 2.20. The van der Waals surface area contributed by atoms with Crippen molar-refractivity contribution in [2.75, 3.05) is 6.54 Å². The SMILES string of the molecule is Cc1ccc2c(c1)CNC(CNC1CCC1)C2. The van der Waals surface area contributed by atoms with Gasteiger partial charge in [-0.25, -0.2) is 0 Å². The minimum Gasteiger partial charge on any atom is -0.312 e. The molecule has 1 aromatic carbocycles. The molecule has 2 heteroatoms. The number of nitrogens with one attached hydrogen (secondary N) is 2. The van der Waals surface area contributed by atoms with Crippen molar-refractivity contribution in [1.29, 1.82) is 0 Å². The molecule has 2 nitrogen and oxygen atoms in total. The average Bonchev–Trinajstić information content (AvgIpc) is 2.27. The highest BCUT2D eigenvalue weighted by molar-refractivity contribution is 5.33. The van der Waals surface area contributed by atoms with Gasteiger partial charge in [0.05, 0.1) is 0 Å². The van der Waals surface area contributed by atoms with Crippen LogP contribution in [-0.2, 0) is 13.0 Å². The van der Waals surface area contributed by atoms with E-state index in [0.717, 1.165) is 19.1 Å². The summed E-state index contributed by atoms with van der Waals surface area (Å²) < 4.78 is 0. The molecule has 0 bridgehead atoms. The summed E-state index contributed by atoms with van der Waals surface area (Å²) in [6, 6.07) is 8.28. The Bertz CT molecular complexity index is 396. The van der Waals surface area contributed by atoms with Crippen molar-refractivity contribution in [3.8, 4) is 0 Å². The van der Waals surface area contributed by atoms with Crippen LogP contribution >= 0.6 is 0 Å². The molecular weight excluding hydrogens is 208 g/mol. The Morgan fingerprint density at radius 3 is 2.94 bits per heavy atom. The van der Waals surface area contributed by atoms with E-state index in [9.17, 15) is 0 Å². The van der Waals surface area contributed by atoms with Gasteiger partial charge in [-0.1, -0.05) is 30.2 Å². The van der Waals surface area contributed by atoms with Gasteiger partial charge in [0, 0.05) is 25.2 Å². The Hall–Kier alpha value is -0.860. The van der Waals surface area contributed by atoms with Crippen LogP contribution in [0.4, 0.5) is 0 Å². The molecule has 1 aliphatic carbocycles. The van der Waals surface area contributed by atoms with Gasteiger partial charge in [-0.05, 0) is 37.3 Å². The molecule has 2 aliphatic rings. The first-order chi connectivity index (χ1) is 8.31. The molecule has 1 fully saturated rings. The van der Waals surface area contributed by atoms with Crippen molar-refractivity contribution in [3.63, 3.8) is 0 Å². The van der Waals surface area contributed by atoms with Crippen LogP contribution in [-0.4, -0.2) is 18.6 Å². The van der Waals surface area contributed by atoms with E-state index in [4.69, 9.17) is 0 Å². The third kappa shape index (κ3) is 2.53. The molecule has 0 radical (unpaired) electrons. The molecule has 0 saturated heterocycles. The number of aryl methyl sites for hydroxylation is 1. The first-order valence-electron chi connectivity index (χ1n) is 6.86. The van der Waals surface area contributed by atoms with Gasteiger partial charge in [0.2, 0.25) is 0 Å². The summed E-state index contributed by atoms with van der Waals surface area (Å²) in [6.45, 7) is 4.33. The predicted molar refractivity (Wildman–Crippen MR) is 71.2 cm³/mol. The fourth-order valence-electron chi connectivity index (χ4n) is 2.78. The summed E-state index contributed by atoms with van der Waals surface area (Å²) in [5, 5.41) is 7.31. The second-order valence-electron chi connectivity index (χ2n) is 5.59. The third-order valence-corrected chi connectivity index (χ3v) is 4.17. The smallest absolute Gasteiger partial charge is 0.0236 e. The zero-order valence-corrected chi connectivity index (χ0v) is 10.6. The molecule has 92 valence electrons. The van der Waals surface area contributed by atoms with Gasteiger partial charge < -0.3 is 10.6 Å². The third-order valence-electron chi connectivity index (χ3n) is 4.17. The van der Waals surface area contributed by atoms with Crippen LogP contribution in [0.15, 0.2) is 18.2 Å². The lowest BCUT2D eigenvalue weighted by Gasteiger charge is -2.31. The van der Waals surface area contributed by atoms with Crippen LogP contribution in [0.2, 0.25) is 0 Å². The van der Waals surface area contributed by atoms with Crippen molar-refractivity contribution in [2.24, 2.45) is 0 Å². The van der Waals surface area contributed by atoms with Crippen LogP contribution in [0.25, 0.3) is 0 Å². The first kappa shape index (κ1) is 11.2. The van der Waals surface area contributed by atoms with Gasteiger partial charge in [0.15, 0.2) is 0 Å². The second-order valence-corrected chi connectivity index (χ2v) is 5.59. The van der Waals surface area contributed by atoms with Crippen LogP contribution in [0, 0.1) is 6.92 Å². The quantitative estimate of drug-likeness (QED) is 0.831. The Labute approximate surface area is 104 Å². The molecular formula is C15H22N2. The first-order valence-corrected chi connectivity index (χ1v) is 6.86. The van der Waals surface area contributed by atoms with Gasteiger partial charge in [-0.2, -0.15) is 0 Å². The van der Waals surface area contributed by atoms with Crippen molar-refractivity contribution in [1.82, 2.24) is 10.6 Å². The Morgan fingerprint density at radius 1 is 1.29 bits per heavy atom.